The molecule has 1 aromatic heterocycles. The predicted molar refractivity (Wildman–Crippen MR) is 101 cm³/mol. The van der Waals surface area contributed by atoms with Crippen LogP contribution in [0.3, 0.4) is 0 Å². The molecule has 26 heavy (non-hydrogen) atoms. The Morgan fingerprint density at radius 2 is 1.73 bits per heavy atom. The number of hydrogen-bond donors (Lipinski definition) is 2. The maximum atomic E-state index is 5.64. The summed E-state index contributed by atoms with van der Waals surface area (Å²) < 4.78 is 10.8. The molecule has 0 amide bonds. The molecule has 2 heterocycles. The van der Waals surface area contributed by atoms with Gasteiger partial charge < -0.3 is 20.1 Å². The molecule has 2 aromatic carbocycles. The van der Waals surface area contributed by atoms with Crippen molar-refractivity contribution >= 4 is 23.0 Å². The lowest BCUT2D eigenvalue weighted by molar-refractivity contribution is 0.263. The van der Waals surface area contributed by atoms with Gasteiger partial charge in [0.05, 0.1) is 6.61 Å². The number of epoxide rings is 1. The van der Waals surface area contributed by atoms with E-state index in [0.29, 0.717) is 6.61 Å². The van der Waals surface area contributed by atoms with Gasteiger partial charge in [0.25, 0.3) is 0 Å². The number of nitrogens with one attached hydrogen (secondary N) is 2. The first-order valence-corrected chi connectivity index (χ1v) is 8.52. The van der Waals surface area contributed by atoms with Crippen LogP contribution in [0.25, 0.3) is 0 Å². The zero-order valence-electron chi connectivity index (χ0n) is 14.5. The van der Waals surface area contributed by atoms with Crippen molar-refractivity contribution in [2.75, 3.05) is 23.8 Å². The highest BCUT2D eigenvalue weighted by atomic mass is 16.6. The second-order valence-corrected chi connectivity index (χ2v) is 6.20. The Hall–Kier alpha value is -3.12. The number of benzene rings is 2. The third-order valence-corrected chi connectivity index (χ3v) is 3.92. The van der Waals surface area contributed by atoms with Gasteiger partial charge in [-0.15, -0.1) is 0 Å². The molecule has 0 radical (unpaired) electrons. The van der Waals surface area contributed by atoms with E-state index in [-0.39, 0.29) is 6.10 Å². The minimum atomic E-state index is 0.258. The molecule has 6 nitrogen and oxygen atoms in total. The first-order valence-electron chi connectivity index (χ1n) is 8.52. The predicted octanol–water partition coefficient (Wildman–Crippen LogP) is 4.05. The molecule has 1 atom stereocenters. The average Bonchev–Trinajstić information content (AvgIpc) is 3.46. The molecule has 0 bridgehead atoms. The van der Waals surface area contributed by atoms with Gasteiger partial charge in [0.1, 0.15) is 36.4 Å². The Morgan fingerprint density at radius 3 is 2.42 bits per heavy atom. The Morgan fingerprint density at radius 1 is 1.00 bits per heavy atom. The van der Waals surface area contributed by atoms with Crippen molar-refractivity contribution in [3.63, 3.8) is 0 Å². The van der Waals surface area contributed by atoms with E-state index in [1.165, 1.54) is 11.9 Å². The molecule has 6 heteroatoms. The molecule has 0 saturated carbocycles. The lowest BCUT2D eigenvalue weighted by Gasteiger charge is -2.10. The smallest absolute Gasteiger partial charge is 0.135 e. The van der Waals surface area contributed by atoms with Gasteiger partial charge in [0.2, 0.25) is 0 Å². The summed E-state index contributed by atoms with van der Waals surface area (Å²) in [7, 11) is 0. The van der Waals surface area contributed by atoms with Crippen LogP contribution in [-0.2, 0) is 4.74 Å². The fourth-order valence-electron chi connectivity index (χ4n) is 2.50. The van der Waals surface area contributed by atoms with Gasteiger partial charge in [-0.3, -0.25) is 0 Å². The average molecular weight is 348 g/mol. The molecule has 3 aromatic rings. The largest absolute Gasteiger partial charge is 0.491 e. The molecule has 1 aliphatic rings. The number of anilines is 4. The van der Waals surface area contributed by atoms with Crippen LogP contribution in [0.15, 0.2) is 60.9 Å². The Bertz CT molecular complexity index is 879. The van der Waals surface area contributed by atoms with Crippen molar-refractivity contribution in [3.05, 3.63) is 66.5 Å². The van der Waals surface area contributed by atoms with Crippen LogP contribution in [0, 0.1) is 6.92 Å². The lowest BCUT2D eigenvalue weighted by Crippen LogP contribution is -2.04. The second-order valence-electron chi connectivity index (χ2n) is 6.20. The van der Waals surface area contributed by atoms with Crippen LogP contribution in [-0.4, -0.2) is 29.3 Å². The summed E-state index contributed by atoms with van der Waals surface area (Å²) in [5, 5.41) is 6.56. The van der Waals surface area contributed by atoms with Crippen LogP contribution in [0.5, 0.6) is 5.75 Å². The zero-order chi connectivity index (χ0) is 17.8. The van der Waals surface area contributed by atoms with Crippen molar-refractivity contribution in [1.29, 1.82) is 0 Å². The molecular weight excluding hydrogens is 328 g/mol. The maximum absolute atomic E-state index is 5.64. The molecule has 4 rings (SSSR count). The molecule has 0 unspecified atom stereocenters. The molecule has 132 valence electrons. The molecular formula is C20H20N4O2. The number of nitrogens with zero attached hydrogens (tertiary/aromatic N) is 2. The Kier molecular flexibility index (Phi) is 4.66. The topological polar surface area (TPSA) is 71.6 Å². The fraction of sp³-hybridized carbons (Fsp3) is 0.200. The fourth-order valence-corrected chi connectivity index (χ4v) is 2.50. The van der Waals surface area contributed by atoms with Crippen LogP contribution >= 0.6 is 0 Å². The van der Waals surface area contributed by atoms with E-state index in [0.717, 1.165) is 35.4 Å². The van der Waals surface area contributed by atoms with Crippen molar-refractivity contribution in [3.8, 4) is 5.75 Å². The highest BCUT2D eigenvalue weighted by Crippen LogP contribution is 2.22. The first-order chi connectivity index (χ1) is 12.7. The summed E-state index contributed by atoms with van der Waals surface area (Å²) in [4.78, 5) is 8.55. The summed E-state index contributed by atoms with van der Waals surface area (Å²) >= 11 is 0. The summed E-state index contributed by atoms with van der Waals surface area (Å²) in [5.41, 5.74) is 3.12. The Labute approximate surface area is 152 Å². The monoisotopic (exact) mass is 348 g/mol. The molecule has 2 N–H and O–H groups in total. The van der Waals surface area contributed by atoms with Gasteiger partial charge >= 0.3 is 0 Å². The van der Waals surface area contributed by atoms with Crippen LogP contribution < -0.4 is 15.4 Å². The first kappa shape index (κ1) is 16.4. The number of aryl methyl sites for hydroxylation is 1. The van der Waals surface area contributed by atoms with Crippen molar-refractivity contribution < 1.29 is 9.47 Å². The summed E-state index contributed by atoms with van der Waals surface area (Å²) in [6.45, 7) is 3.46. The minimum absolute atomic E-state index is 0.258. The number of hydrogen-bond acceptors (Lipinski definition) is 6. The summed E-state index contributed by atoms with van der Waals surface area (Å²) in [5.74, 6) is 2.28. The molecule has 0 aliphatic carbocycles. The second kappa shape index (κ2) is 7.41. The highest BCUT2D eigenvalue weighted by Gasteiger charge is 2.22. The molecule has 0 spiro atoms. The quantitative estimate of drug-likeness (QED) is 0.628. The van der Waals surface area contributed by atoms with E-state index >= 15 is 0 Å². The Balaban J connectivity index is 1.39. The van der Waals surface area contributed by atoms with E-state index in [4.69, 9.17) is 9.47 Å². The standard InChI is InChI=1S/C20H20N4O2/c1-14-3-2-4-16(9-14)24-20-10-19(21-13-22-20)23-15-5-7-17(8-6-15)25-11-18-12-26-18/h2-10,13,18H,11-12H2,1H3,(H2,21,22,23,24)/t18-/m0/s1. The van der Waals surface area contributed by atoms with Gasteiger partial charge in [-0.25, -0.2) is 9.97 Å². The van der Waals surface area contributed by atoms with E-state index in [2.05, 4.69) is 39.7 Å². The van der Waals surface area contributed by atoms with E-state index in [1.807, 2.05) is 42.5 Å². The van der Waals surface area contributed by atoms with Gasteiger partial charge in [-0.2, -0.15) is 0 Å². The van der Waals surface area contributed by atoms with Crippen molar-refractivity contribution in [1.82, 2.24) is 9.97 Å². The van der Waals surface area contributed by atoms with Gasteiger partial charge in [-0.05, 0) is 48.9 Å². The van der Waals surface area contributed by atoms with E-state index in [1.54, 1.807) is 0 Å². The lowest BCUT2D eigenvalue weighted by atomic mass is 10.2. The van der Waals surface area contributed by atoms with E-state index in [9.17, 15) is 0 Å². The zero-order valence-corrected chi connectivity index (χ0v) is 14.5. The van der Waals surface area contributed by atoms with Crippen LogP contribution in [0.1, 0.15) is 5.56 Å². The van der Waals surface area contributed by atoms with Crippen LogP contribution in [0.2, 0.25) is 0 Å². The number of rotatable bonds is 7. The minimum Gasteiger partial charge on any atom is -0.491 e. The summed E-state index contributed by atoms with van der Waals surface area (Å²) in [6, 6.07) is 17.8. The highest BCUT2D eigenvalue weighted by molar-refractivity contribution is 5.63. The van der Waals surface area contributed by atoms with Gasteiger partial charge in [0.15, 0.2) is 0 Å². The SMILES string of the molecule is Cc1cccc(Nc2cc(Nc3ccc(OC[C@H]4CO4)cc3)ncn2)c1. The normalized spacial score (nSPS) is 15.3. The molecule has 1 aliphatic heterocycles. The van der Waals surface area contributed by atoms with Gasteiger partial charge in [-0.1, -0.05) is 12.1 Å². The molecule has 1 saturated heterocycles. The maximum Gasteiger partial charge on any atom is 0.135 e. The molecule has 1 fully saturated rings. The number of aromatic nitrogens is 2. The van der Waals surface area contributed by atoms with E-state index < -0.39 is 0 Å². The third kappa shape index (κ3) is 4.49. The van der Waals surface area contributed by atoms with Crippen molar-refractivity contribution in [2.24, 2.45) is 0 Å². The van der Waals surface area contributed by atoms with Crippen molar-refractivity contribution in [2.45, 2.75) is 13.0 Å². The third-order valence-electron chi connectivity index (χ3n) is 3.92. The summed E-state index contributed by atoms with van der Waals surface area (Å²) in [6.07, 6.45) is 1.79. The van der Waals surface area contributed by atoms with Crippen LogP contribution in [0.4, 0.5) is 23.0 Å². The van der Waals surface area contributed by atoms with Gasteiger partial charge in [0, 0.05) is 17.4 Å². The number of ether oxygens (including phenoxy) is 2.